The number of likely N-dealkylation sites (tertiary alicyclic amines) is 2. The van der Waals surface area contributed by atoms with E-state index < -0.39 is 24.3 Å². The fourth-order valence-corrected chi connectivity index (χ4v) is 7.97. The summed E-state index contributed by atoms with van der Waals surface area (Å²) in [5.41, 5.74) is 7.54. The molecule has 14 nitrogen and oxygen atoms in total. The van der Waals surface area contributed by atoms with Crippen LogP contribution < -0.4 is 10.6 Å². The molecule has 3 unspecified atom stereocenters. The molecule has 4 N–H and O–H groups in total. The Hall–Kier alpha value is -5.92. The van der Waals surface area contributed by atoms with Gasteiger partial charge in [-0.25, -0.2) is 19.6 Å². The molecule has 294 valence electrons. The summed E-state index contributed by atoms with van der Waals surface area (Å²) < 4.78 is 9.54. The van der Waals surface area contributed by atoms with Crippen LogP contribution >= 0.6 is 0 Å². The Balaban J connectivity index is 1.06. The lowest BCUT2D eigenvalue weighted by Crippen LogP contribution is -2.51. The van der Waals surface area contributed by atoms with Gasteiger partial charge in [0.1, 0.15) is 23.7 Å². The second-order valence-corrected chi connectivity index (χ2v) is 15.4. The van der Waals surface area contributed by atoms with Crippen LogP contribution in [0.15, 0.2) is 60.7 Å². The molecule has 7 rings (SSSR count). The first-order valence-corrected chi connectivity index (χ1v) is 19.4. The van der Waals surface area contributed by atoms with Crippen molar-refractivity contribution in [2.45, 2.75) is 77.5 Å². The number of amides is 4. The maximum atomic E-state index is 13.6. The summed E-state index contributed by atoms with van der Waals surface area (Å²) in [4.78, 5) is 71.6. The van der Waals surface area contributed by atoms with E-state index >= 15 is 0 Å². The number of hydrogen-bond donors (Lipinski definition) is 4. The number of nitrogens with one attached hydrogen (secondary N) is 4. The number of rotatable bonds is 10. The number of hydrogen-bond acceptors (Lipinski definition) is 8. The number of alkyl carbamates (subject to hydrolysis) is 2. The number of aromatic amines is 2. The number of imidazole rings is 2. The number of ether oxygens (including phenoxy) is 2. The van der Waals surface area contributed by atoms with Crippen molar-refractivity contribution in [3.05, 3.63) is 72.3 Å². The molecule has 2 aliphatic heterocycles. The number of nitrogens with zero attached hydrogens (tertiary/aromatic N) is 4. The largest absolute Gasteiger partial charge is 0.453 e. The van der Waals surface area contributed by atoms with E-state index in [1.165, 1.54) is 14.2 Å². The molecule has 0 spiro atoms. The van der Waals surface area contributed by atoms with E-state index in [2.05, 4.69) is 69.1 Å². The predicted molar refractivity (Wildman–Crippen MR) is 212 cm³/mol. The third-order valence-electron chi connectivity index (χ3n) is 11.0. The lowest BCUT2D eigenvalue weighted by molar-refractivity contribution is -0.136. The summed E-state index contributed by atoms with van der Waals surface area (Å²) in [5, 5.41) is 5.41. The normalized spacial score (nSPS) is 18.1. The molecule has 56 heavy (non-hydrogen) atoms. The summed E-state index contributed by atoms with van der Waals surface area (Å²) >= 11 is 0. The van der Waals surface area contributed by atoms with Gasteiger partial charge in [0.05, 0.1) is 48.4 Å². The number of aromatic nitrogens is 4. The number of methoxy groups -OCH3 is 2. The van der Waals surface area contributed by atoms with Gasteiger partial charge in [0.25, 0.3) is 0 Å². The zero-order valence-corrected chi connectivity index (χ0v) is 32.7. The van der Waals surface area contributed by atoms with Gasteiger partial charge < -0.3 is 39.9 Å². The first-order chi connectivity index (χ1) is 26.9. The minimum atomic E-state index is -0.692. The fourth-order valence-electron chi connectivity index (χ4n) is 7.97. The van der Waals surface area contributed by atoms with Crippen LogP contribution in [0.1, 0.15) is 77.1 Å². The summed E-state index contributed by atoms with van der Waals surface area (Å²) in [5.74, 6) is 0.974. The van der Waals surface area contributed by atoms with E-state index in [1.807, 2.05) is 49.6 Å². The summed E-state index contributed by atoms with van der Waals surface area (Å²) in [7, 11) is 2.58. The Labute approximate surface area is 325 Å². The molecule has 2 aromatic heterocycles. The summed E-state index contributed by atoms with van der Waals surface area (Å²) in [6, 6.07) is 18.9. The van der Waals surface area contributed by atoms with E-state index in [0.717, 1.165) is 81.7 Å². The maximum absolute atomic E-state index is 13.6. The molecule has 0 aliphatic carbocycles. The van der Waals surface area contributed by atoms with Gasteiger partial charge in [-0.05, 0) is 84.0 Å². The number of carbonyl (C=O) groups is 4. The highest BCUT2D eigenvalue weighted by molar-refractivity contribution is 5.88. The highest BCUT2D eigenvalue weighted by atomic mass is 16.5. The van der Waals surface area contributed by atoms with Gasteiger partial charge in [-0.3, -0.25) is 9.59 Å². The minimum Gasteiger partial charge on any atom is -0.453 e. The van der Waals surface area contributed by atoms with Gasteiger partial charge in [0, 0.05) is 13.1 Å². The predicted octanol–water partition coefficient (Wildman–Crippen LogP) is 6.86. The van der Waals surface area contributed by atoms with Crippen LogP contribution in [-0.4, -0.2) is 93.1 Å². The number of fused-ring (bicyclic) bond motifs is 2. The number of carbonyl (C=O) groups excluding carboxylic acids is 4. The SMILES string of the molecule is COC(=O)NC(C(=O)N1CCCC1c1nc2cc(-c3ccc(-c4ccc5[nH]c(C6CCCN6C(=O)[C@@H](NC(=O)OC)C(C)C)nc5c4)cc3)ccc2[nH]1)C(C)C. The zero-order chi connectivity index (χ0) is 39.7. The lowest BCUT2D eigenvalue weighted by atomic mass is 10.00. The topological polar surface area (TPSA) is 175 Å². The first-order valence-electron chi connectivity index (χ1n) is 19.4. The molecule has 2 aliphatic rings. The highest BCUT2D eigenvalue weighted by Gasteiger charge is 2.39. The van der Waals surface area contributed by atoms with Gasteiger partial charge in [-0.15, -0.1) is 0 Å². The monoisotopic (exact) mass is 762 g/mol. The van der Waals surface area contributed by atoms with Crippen LogP contribution in [0, 0.1) is 11.8 Å². The van der Waals surface area contributed by atoms with Crippen LogP contribution in [0.25, 0.3) is 44.3 Å². The Bertz CT molecular complexity index is 2090. The lowest BCUT2D eigenvalue weighted by Gasteiger charge is -2.29. The van der Waals surface area contributed by atoms with E-state index in [-0.39, 0.29) is 35.7 Å². The van der Waals surface area contributed by atoms with Crippen molar-refractivity contribution < 1.29 is 28.7 Å². The third kappa shape index (κ3) is 7.64. The molecule has 0 bridgehead atoms. The smallest absolute Gasteiger partial charge is 0.407 e. The molecule has 4 amide bonds. The van der Waals surface area contributed by atoms with Crippen LogP contribution in [0.4, 0.5) is 9.59 Å². The Morgan fingerprint density at radius 3 is 1.36 bits per heavy atom. The number of benzene rings is 3. The fraction of sp³-hybridized carbons (Fsp3) is 0.429. The van der Waals surface area contributed by atoms with Crippen LogP contribution in [0.5, 0.6) is 0 Å². The second-order valence-electron chi connectivity index (χ2n) is 15.4. The van der Waals surface area contributed by atoms with Crippen LogP contribution in [-0.2, 0) is 19.1 Å². The van der Waals surface area contributed by atoms with Crippen molar-refractivity contribution in [2.24, 2.45) is 11.8 Å². The zero-order valence-electron chi connectivity index (χ0n) is 32.7. The van der Waals surface area contributed by atoms with Crippen molar-refractivity contribution >= 4 is 46.1 Å². The van der Waals surface area contributed by atoms with Gasteiger partial charge in [0.15, 0.2) is 0 Å². The molecular formula is C42H50N8O6. The second kappa shape index (κ2) is 16.0. The van der Waals surface area contributed by atoms with E-state index in [4.69, 9.17) is 19.4 Å². The molecule has 2 saturated heterocycles. The molecule has 2 fully saturated rings. The highest BCUT2D eigenvalue weighted by Crippen LogP contribution is 2.36. The quantitative estimate of drug-likeness (QED) is 0.119. The maximum Gasteiger partial charge on any atom is 0.407 e. The Morgan fingerprint density at radius 2 is 1.00 bits per heavy atom. The van der Waals surface area contributed by atoms with E-state index in [1.54, 1.807) is 0 Å². The molecule has 4 heterocycles. The van der Waals surface area contributed by atoms with Gasteiger partial charge >= 0.3 is 12.2 Å². The number of H-pyrrole nitrogens is 2. The molecule has 0 radical (unpaired) electrons. The average Bonchev–Trinajstić information content (AvgIpc) is 4.03. The molecule has 4 atom stereocenters. The summed E-state index contributed by atoms with van der Waals surface area (Å²) in [6.45, 7) is 8.80. The molecule has 14 heteroatoms. The van der Waals surface area contributed by atoms with E-state index in [0.29, 0.717) is 13.1 Å². The Kier molecular flexibility index (Phi) is 11.0. The van der Waals surface area contributed by atoms with Crippen molar-refractivity contribution in [3.8, 4) is 22.3 Å². The van der Waals surface area contributed by atoms with Crippen LogP contribution in [0.2, 0.25) is 0 Å². The van der Waals surface area contributed by atoms with Crippen molar-refractivity contribution in [1.82, 2.24) is 40.4 Å². The van der Waals surface area contributed by atoms with Crippen molar-refractivity contribution in [3.63, 3.8) is 0 Å². The molecular weight excluding hydrogens is 713 g/mol. The first kappa shape index (κ1) is 38.4. The van der Waals surface area contributed by atoms with Gasteiger partial charge in [-0.2, -0.15) is 0 Å². The van der Waals surface area contributed by atoms with E-state index in [9.17, 15) is 19.2 Å². The van der Waals surface area contributed by atoms with Crippen molar-refractivity contribution in [1.29, 1.82) is 0 Å². The minimum absolute atomic E-state index is 0.108. The summed E-state index contributed by atoms with van der Waals surface area (Å²) in [6.07, 6.45) is 2.00. The van der Waals surface area contributed by atoms with Crippen LogP contribution in [0.3, 0.4) is 0 Å². The molecule has 0 saturated carbocycles. The Morgan fingerprint density at radius 1 is 0.625 bits per heavy atom. The molecule has 5 aromatic rings. The molecule has 3 aromatic carbocycles. The third-order valence-corrected chi connectivity index (χ3v) is 11.0. The van der Waals surface area contributed by atoms with Crippen molar-refractivity contribution in [2.75, 3.05) is 27.3 Å². The van der Waals surface area contributed by atoms with Gasteiger partial charge in [0.2, 0.25) is 11.8 Å². The van der Waals surface area contributed by atoms with Gasteiger partial charge in [-0.1, -0.05) is 64.1 Å². The standard InChI is InChI=1S/C42H50N8O6/c1-23(2)35(47-41(53)55-5)39(51)49-19-7-9-33(49)37-43-29-17-15-27(21-31(29)45-37)25-11-13-26(14-12-25)28-16-18-30-32(22-28)46-38(44-30)34-10-8-20-50(34)40(52)36(24(3)4)48-42(54)56-6/h11-18,21-24,33-36H,7-10,19-20H2,1-6H3,(H,43,45)(H,44,46)(H,47,53)(H,48,54)/t33?,34?,35-,36?/m0/s1. The average molecular weight is 763 g/mol.